The third kappa shape index (κ3) is 4.20. The van der Waals surface area contributed by atoms with Gasteiger partial charge in [0.1, 0.15) is 17.8 Å². The third-order valence-electron chi connectivity index (χ3n) is 2.70. The second-order valence-electron chi connectivity index (χ2n) is 5.69. The van der Waals surface area contributed by atoms with Crippen molar-refractivity contribution in [2.24, 2.45) is 0 Å². The Morgan fingerprint density at radius 1 is 1.52 bits per heavy atom. The molecular formula is C15H16ClN5O2. The number of nitriles is 1. The smallest absolute Gasteiger partial charge is 0.415 e. The van der Waals surface area contributed by atoms with Gasteiger partial charge in [-0.3, -0.25) is 9.88 Å². The Bertz CT molecular complexity index is 731. The Balaban J connectivity index is 2.35. The molecule has 0 aliphatic heterocycles. The van der Waals surface area contributed by atoms with E-state index in [9.17, 15) is 4.79 Å². The monoisotopic (exact) mass is 333 g/mol. The molecule has 0 radical (unpaired) electrons. The molecule has 2 aromatic heterocycles. The van der Waals surface area contributed by atoms with Crippen molar-refractivity contribution in [3.8, 4) is 11.8 Å². The number of nitrogens with zero attached hydrogens (tertiary/aromatic N) is 5. The molecule has 0 unspecified atom stereocenters. The van der Waals surface area contributed by atoms with E-state index in [1.807, 2.05) is 6.07 Å². The van der Waals surface area contributed by atoms with Crippen molar-refractivity contribution in [1.29, 1.82) is 5.26 Å². The number of anilines is 1. The Morgan fingerprint density at radius 3 is 2.83 bits per heavy atom. The van der Waals surface area contributed by atoms with Gasteiger partial charge < -0.3 is 4.74 Å². The molecule has 0 bridgehead atoms. The number of pyridine rings is 1. The van der Waals surface area contributed by atoms with Crippen molar-refractivity contribution >= 4 is 23.4 Å². The number of carbonyl (C=O) groups excluding carboxylic acids is 1. The molecular weight excluding hydrogens is 318 g/mol. The van der Waals surface area contributed by atoms with Gasteiger partial charge in [-0.05, 0) is 32.9 Å². The number of halogens is 1. The van der Waals surface area contributed by atoms with Gasteiger partial charge >= 0.3 is 6.09 Å². The zero-order valence-electron chi connectivity index (χ0n) is 13.0. The van der Waals surface area contributed by atoms with Crippen molar-refractivity contribution in [2.45, 2.75) is 26.4 Å². The van der Waals surface area contributed by atoms with Gasteiger partial charge in [-0.2, -0.15) is 10.4 Å². The minimum atomic E-state index is -0.684. The molecule has 0 saturated heterocycles. The molecule has 2 heterocycles. The van der Waals surface area contributed by atoms with Gasteiger partial charge in [-0.25, -0.2) is 9.48 Å². The maximum absolute atomic E-state index is 12.3. The second kappa shape index (κ2) is 6.67. The largest absolute Gasteiger partial charge is 0.443 e. The van der Waals surface area contributed by atoms with E-state index in [4.69, 9.17) is 21.6 Å². The molecule has 0 saturated carbocycles. The summed E-state index contributed by atoms with van der Waals surface area (Å²) in [5.74, 6) is 0. The zero-order chi connectivity index (χ0) is 17.0. The SMILES string of the molecule is CC(C)(C)OC(=O)N(CC#N)c1cn(-c2cccnc2)nc1Cl. The second-order valence-corrected chi connectivity index (χ2v) is 6.04. The summed E-state index contributed by atoms with van der Waals surface area (Å²) < 4.78 is 6.79. The van der Waals surface area contributed by atoms with Crippen LogP contribution in [-0.2, 0) is 4.74 Å². The predicted molar refractivity (Wildman–Crippen MR) is 85.6 cm³/mol. The topological polar surface area (TPSA) is 84.0 Å². The lowest BCUT2D eigenvalue weighted by Crippen LogP contribution is -2.37. The first-order valence-corrected chi connectivity index (χ1v) is 7.22. The summed E-state index contributed by atoms with van der Waals surface area (Å²) in [6.07, 6.45) is 4.14. The predicted octanol–water partition coefficient (Wildman–Crippen LogP) is 3.19. The average Bonchev–Trinajstić information content (AvgIpc) is 2.85. The summed E-state index contributed by atoms with van der Waals surface area (Å²) in [4.78, 5) is 17.4. The molecule has 1 amide bonds. The van der Waals surface area contributed by atoms with E-state index in [2.05, 4.69) is 10.1 Å². The minimum absolute atomic E-state index is 0.0926. The van der Waals surface area contributed by atoms with Crippen LogP contribution in [0, 0.1) is 11.3 Å². The molecule has 7 nitrogen and oxygen atoms in total. The number of hydrogen-bond acceptors (Lipinski definition) is 5. The highest BCUT2D eigenvalue weighted by atomic mass is 35.5. The third-order valence-corrected chi connectivity index (χ3v) is 2.96. The van der Waals surface area contributed by atoms with E-state index in [0.717, 1.165) is 4.90 Å². The van der Waals surface area contributed by atoms with Crippen LogP contribution in [0.25, 0.3) is 5.69 Å². The number of carbonyl (C=O) groups is 1. The van der Waals surface area contributed by atoms with E-state index in [0.29, 0.717) is 11.4 Å². The highest BCUT2D eigenvalue weighted by Crippen LogP contribution is 2.27. The van der Waals surface area contributed by atoms with Crippen molar-refractivity contribution in [1.82, 2.24) is 14.8 Å². The van der Waals surface area contributed by atoms with Crippen molar-refractivity contribution in [3.05, 3.63) is 35.9 Å². The van der Waals surface area contributed by atoms with Crippen LogP contribution in [0.1, 0.15) is 20.8 Å². The lowest BCUT2D eigenvalue weighted by molar-refractivity contribution is 0.0585. The number of aromatic nitrogens is 3. The fourth-order valence-electron chi connectivity index (χ4n) is 1.78. The Kier molecular flexibility index (Phi) is 4.86. The Hall–Kier alpha value is -2.59. The van der Waals surface area contributed by atoms with Crippen LogP contribution in [0.4, 0.5) is 10.5 Å². The molecule has 0 aromatic carbocycles. The van der Waals surface area contributed by atoms with Crippen LogP contribution in [0.3, 0.4) is 0 Å². The Morgan fingerprint density at radius 2 is 2.26 bits per heavy atom. The maximum Gasteiger partial charge on any atom is 0.415 e. The molecule has 0 spiro atoms. The quantitative estimate of drug-likeness (QED) is 0.805. The van der Waals surface area contributed by atoms with Crippen LogP contribution in [0.2, 0.25) is 5.15 Å². The van der Waals surface area contributed by atoms with E-state index in [1.54, 1.807) is 51.5 Å². The summed E-state index contributed by atoms with van der Waals surface area (Å²) in [5.41, 5.74) is 0.296. The van der Waals surface area contributed by atoms with Crippen molar-refractivity contribution in [2.75, 3.05) is 11.4 Å². The van der Waals surface area contributed by atoms with Gasteiger partial charge in [-0.1, -0.05) is 11.6 Å². The molecule has 0 N–H and O–H groups in total. The first-order chi connectivity index (χ1) is 10.8. The number of ether oxygens (including phenoxy) is 1. The average molecular weight is 334 g/mol. The van der Waals surface area contributed by atoms with Crippen molar-refractivity contribution < 1.29 is 9.53 Å². The summed E-state index contributed by atoms with van der Waals surface area (Å²) in [7, 11) is 0. The van der Waals surface area contributed by atoms with Gasteiger partial charge in [0.25, 0.3) is 0 Å². The van der Waals surface area contributed by atoms with E-state index < -0.39 is 11.7 Å². The van der Waals surface area contributed by atoms with Crippen LogP contribution in [0.15, 0.2) is 30.7 Å². The molecule has 0 aliphatic carbocycles. The molecule has 2 aromatic rings. The summed E-state index contributed by atoms with van der Waals surface area (Å²) in [5, 5.41) is 13.2. The fraction of sp³-hybridized carbons (Fsp3) is 0.333. The summed E-state index contributed by atoms with van der Waals surface area (Å²) >= 11 is 6.13. The lowest BCUT2D eigenvalue weighted by Gasteiger charge is -2.25. The number of rotatable bonds is 3. The van der Waals surface area contributed by atoms with Gasteiger partial charge in [0.15, 0.2) is 5.15 Å². The van der Waals surface area contributed by atoms with Crippen LogP contribution in [-0.4, -0.2) is 33.0 Å². The first-order valence-electron chi connectivity index (χ1n) is 6.85. The van der Waals surface area contributed by atoms with E-state index in [1.165, 1.54) is 4.68 Å². The molecule has 23 heavy (non-hydrogen) atoms. The van der Waals surface area contributed by atoms with Gasteiger partial charge in [0.2, 0.25) is 0 Å². The lowest BCUT2D eigenvalue weighted by atomic mass is 10.2. The zero-order valence-corrected chi connectivity index (χ0v) is 13.8. The van der Waals surface area contributed by atoms with E-state index >= 15 is 0 Å². The number of amides is 1. The van der Waals surface area contributed by atoms with Gasteiger partial charge in [-0.15, -0.1) is 0 Å². The molecule has 120 valence electrons. The molecule has 0 fully saturated rings. The van der Waals surface area contributed by atoms with Gasteiger partial charge in [0, 0.05) is 6.20 Å². The molecule has 0 aliphatic rings. The molecule has 0 atom stereocenters. The minimum Gasteiger partial charge on any atom is -0.443 e. The van der Waals surface area contributed by atoms with E-state index in [-0.39, 0.29) is 11.7 Å². The van der Waals surface area contributed by atoms with Crippen LogP contribution in [0.5, 0.6) is 0 Å². The summed E-state index contributed by atoms with van der Waals surface area (Å²) in [6, 6.07) is 5.48. The fourth-order valence-corrected chi connectivity index (χ4v) is 2.01. The number of hydrogen-bond donors (Lipinski definition) is 0. The molecule has 2 rings (SSSR count). The normalized spacial score (nSPS) is 10.9. The maximum atomic E-state index is 12.3. The van der Waals surface area contributed by atoms with Crippen molar-refractivity contribution in [3.63, 3.8) is 0 Å². The van der Waals surface area contributed by atoms with Crippen LogP contribution >= 0.6 is 11.6 Å². The molecule has 8 heteroatoms. The first kappa shape index (κ1) is 16.8. The standard InChI is InChI=1S/C15H16ClN5O2/c1-15(2,3)23-14(22)20(8-6-17)12-10-21(19-13(12)16)11-5-4-7-18-9-11/h4-5,7,9-10H,8H2,1-3H3. The Labute approximate surface area is 139 Å². The van der Waals surface area contributed by atoms with Gasteiger partial charge in [0.05, 0.1) is 24.2 Å². The highest BCUT2D eigenvalue weighted by molar-refractivity contribution is 6.32. The summed E-state index contributed by atoms with van der Waals surface area (Å²) in [6.45, 7) is 5.04. The van der Waals surface area contributed by atoms with Crippen LogP contribution < -0.4 is 4.90 Å². The highest BCUT2D eigenvalue weighted by Gasteiger charge is 2.26.